The van der Waals surface area contributed by atoms with Crippen LogP contribution in [0.2, 0.25) is 0 Å². The van der Waals surface area contributed by atoms with Crippen LogP contribution in [0.4, 0.5) is 0 Å². The van der Waals surface area contributed by atoms with Crippen molar-refractivity contribution in [1.82, 2.24) is 9.71 Å². The van der Waals surface area contributed by atoms with Crippen molar-refractivity contribution in [2.45, 2.75) is 26.9 Å². The first-order valence-corrected chi connectivity index (χ1v) is 14.9. The number of ether oxygens (including phenoxy) is 2. The lowest BCUT2D eigenvalue weighted by molar-refractivity contribution is -0.114. The summed E-state index contributed by atoms with van der Waals surface area (Å²) in [5, 5.41) is 0. The van der Waals surface area contributed by atoms with E-state index in [0.29, 0.717) is 35.1 Å². The van der Waals surface area contributed by atoms with Crippen LogP contribution in [0, 0.1) is 13.8 Å². The third kappa shape index (κ3) is 6.84. The smallest absolute Gasteiger partial charge is 0.257 e. The number of amides is 1. The summed E-state index contributed by atoms with van der Waals surface area (Å²) in [6.45, 7) is 4.61. The van der Waals surface area contributed by atoms with Crippen LogP contribution in [-0.2, 0) is 32.2 Å². The summed E-state index contributed by atoms with van der Waals surface area (Å²) in [4.78, 5) is 16.4. The van der Waals surface area contributed by atoms with E-state index in [0.717, 1.165) is 27.9 Å². The molecule has 1 unspecified atom stereocenters. The molecule has 1 aliphatic heterocycles. The summed E-state index contributed by atoms with van der Waals surface area (Å²) in [6.07, 6.45) is 2.97. The maximum absolute atomic E-state index is 11.9. The monoisotopic (exact) mass is 540 g/mol. The quantitative estimate of drug-likeness (QED) is 0.388. The van der Waals surface area contributed by atoms with Gasteiger partial charge in [0.2, 0.25) is 5.88 Å². The van der Waals surface area contributed by atoms with Crippen molar-refractivity contribution < 1.29 is 26.9 Å². The molecule has 0 radical (unpaired) electrons. The van der Waals surface area contributed by atoms with Gasteiger partial charge in [0.1, 0.15) is 22.2 Å². The van der Waals surface area contributed by atoms with E-state index in [9.17, 15) is 17.4 Å². The number of rotatable bonds is 10. The third-order valence-corrected chi connectivity index (χ3v) is 8.06. The third-order valence-electron chi connectivity index (χ3n) is 5.89. The minimum atomic E-state index is -3.01. The number of carbonyl (C=O) groups excluding carboxylic acids is 1. The van der Waals surface area contributed by atoms with Gasteiger partial charge in [-0.05, 0) is 60.7 Å². The van der Waals surface area contributed by atoms with E-state index in [1.807, 2.05) is 38.1 Å². The van der Waals surface area contributed by atoms with Crippen LogP contribution in [0.5, 0.6) is 11.6 Å². The van der Waals surface area contributed by atoms with Crippen LogP contribution in [0.3, 0.4) is 0 Å². The molecule has 1 N–H and O–H groups in total. The highest BCUT2D eigenvalue weighted by Gasteiger charge is 2.20. The molecule has 2 aromatic carbocycles. The van der Waals surface area contributed by atoms with Gasteiger partial charge in [-0.25, -0.2) is 17.6 Å². The highest BCUT2D eigenvalue weighted by atomic mass is 32.2. The van der Waals surface area contributed by atoms with Crippen molar-refractivity contribution in [2.75, 3.05) is 18.6 Å². The van der Waals surface area contributed by atoms with Crippen LogP contribution in [-0.4, -0.2) is 42.1 Å². The van der Waals surface area contributed by atoms with Crippen LogP contribution < -0.4 is 14.2 Å². The lowest BCUT2D eigenvalue weighted by atomic mass is 9.96. The number of carbonyl (C=O) groups is 1. The molecule has 0 saturated heterocycles. The normalized spacial score (nSPS) is 15.3. The lowest BCUT2D eigenvalue weighted by Gasteiger charge is -2.15. The maximum Gasteiger partial charge on any atom is 0.257 e. The number of aromatic nitrogens is 1. The van der Waals surface area contributed by atoms with Gasteiger partial charge in [0.15, 0.2) is 11.0 Å². The molecule has 0 saturated carbocycles. The Morgan fingerprint density at radius 1 is 0.973 bits per heavy atom. The van der Waals surface area contributed by atoms with Gasteiger partial charge in [0, 0.05) is 29.7 Å². The number of sulfone groups is 1. The number of aryl methyl sites for hydroxylation is 1. The first-order chi connectivity index (χ1) is 17.6. The number of pyridine rings is 1. The molecule has 0 aliphatic carbocycles. The molecule has 8 nitrogen and oxygen atoms in total. The van der Waals surface area contributed by atoms with Crippen LogP contribution in [0.15, 0.2) is 60.7 Å². The molecule has 4 rings (SSSR count). The first kappa shape index (κ1) is 26.6. The van der Waals surface area contributed by atoms with Crippen molar-refractivity contribution in [1.29, 1.82) is 0 Å². The largest absolute Gasteiger partial charge is 0.489 e. The molecule has 3 aromatic rings. The van der Waals surface area contributed by atoms with E-state index >= 15 is 0 Å². The molecule has 1 atom stereocenters. The van der Waals surface area contributed by atoms with Gasteiger partial charge in [-0.1, -0.05) is 30.3 Å². The number of nitrogens with one attached hydrogen (secondary N) is 1. The Morgan fingerprint density at radius 2 is 1.73 bits per heavy atom. The Balaban J connectivity index is 1.42. The van der Waals surface area contributed by atoms with Crippen molar-refractivity contribution in [2.24, 2.45) is 0 Å². The van der Waals surface area contributed by atoms with Gasteiger partial charge in [-0.2, -0.15) is 0 Å². The van der Waals surface area contributed by atoms with E-state index in [1.54, 1.807) is 30.3 Å². The summed E-state index contributed by atoms with van der Waals surface area (Å²) < 4.78 is 48.5. The van der Waals surface area contributed by atoms with Crippen molar-refractivity contribution in [3.8, 4) is 22.8 Å². The molecule has 2 heterocycles. The minimum absolute atomic E-state index is 0.0831. The van der Waals surface area contributed by atoms with Crippen LogP contribution >= 0.6 is 0 Å². The zero-order chi connectivity index (χ0) is 26.6. The van der Waals surface area contributed by atoms with Gasteiger partial charge in [-0.3, -0.25) is 9.52 Å². The highest BCUT2D eigenvalue weighted by molar-refractivity contribution is 7.94. The predicted octanol–water partition coefficient (Wildman–Crippen LogP) is 3.89. The van der Waals surface area contributed by atoms with Crippen molar-refractivity contribution in [3.05, 3.63) is 83.1 Å². The molecular weight excluding hydrogens is 512 g/mol. The van der Waals surface area contributed by atoms with Gasteiger partial charge < -0.3 is 9.47 Å². The second-order valence-electron chi connectivity index (χ2n) is 8.76. The van der Waals surface area contributed by atoms with Gasteiger partial charge >= 0.3 is 0 Å². The van der Waals surface area contributed by atoms with Crippen molar-refractivity contribution in [3.63, 3.8) is 0 Å². The fraction of sp³-hybridized carbons (Fsp3) is 0.259. The van der Waals surface area contributed by atoms with E-state index < -0.39 is 20.8 Å². The summed E-state index contributed by atoms with van der Waals surface area (Å²) in [5.74, 6) is 0.848. The fourth-order valence-corrected chi connectivity index (χ4v) is 5.51. The number of nitrogens with zero attached hydrogens (tertiary/aromatic N) is 1. The Bertz CT molecular complexity index is 1480. The average molecular weight is 541 g/mol. The molecule has 0 spiro atoms. The molecular formula is C27H28N2O6S2. The second-order valence-corrected chi connectivity index (χ2v) is 12.2. The molecule has 1 aromatic heterocycles. The zero-order valence-corrected chi connectivity index (χ0v) is 22.4. The molecule has 10 heteroatoms. The SMILES string of the molecule is Cc1nc(OCCCS(C)(=O)=O)ccc1-c1cccc(COc2ccc(C3=CC(=O)NS3=O)cc2)c1C. The number of hydrogen-bond donors (Lipinski definition) is 1. The van der Waals surface area contributed by atoms with Gasteiger partial charge in [0.05, 0.1) is 17.3 Å². The summed E-state index contributed by atoms with van der Waals surface area (Å²) in [5.41, 5.74) is 5.63. The summed E-state index contributed by atoms with van der Waals surface area (Å²) in [7, 11) is -4.54. The Hall–Kier alpha value is -3.50. The van der Waals surface area contributed by atoms with Crippen LogP contribution in [0.1, 0.15) is 28.8 Å². The Labute approximate surface area is 219 Å². The number of hydrogen-bond acceptors (Lipinski definition) is 7. The molecule has 0 bridgehead atoms. The molecule has 37 heavy (non-hydrogen) atoms. The fourth-order valence-electron chi connectivity index (χ4n) is 3.95. The average Bonchev–Trinajstić information content (AvgIpc) is 3.19. The molecule has 194 valence electrons. The highest BCUT2D eigenvalue weighted by Crippen LogP contribution is 2.30. The lowest BCUT2D eigenvalue weighted by Crippen LogP contribution is -2.16. The van der Waals surface area contributed by atoms with E-state index in [-0.39, 0.29) is 18.3 Å². The topological polar surface area (TPSA) is 112 Å². The van der Waals surface area contributed by atoms with Gasteiger partial charge in [-0.15, -0.1) is 0 Å². The molecule has 1 aliphatic rings. The minimum Gasteiger partial charge on any atom is -0.489 e. The summed E-state index contributed by atoms with van der Waals surface area (Å²) in [6, 6.07) is 16.9. The van der Waals surface area contributed by atoms with E-state index in [4.69, 9.17) is 9.47 Å². The summed E-state index contributed by atoms with van der Waals surface area (Å²) >= 11 is 0. The molecule has 0 fully saturated rings. The Morgan fingerprint density at radius 3 is 2.38 bits per heavy atom. The maximum atomic E-state index is 11.9. The Kier molecular flexibility index (Phi) is 8.09. The van der Waals surface area contributed by atoms with Crippen LogP contribution in [0.25, 0.3) is 16.0 Å². The predicted molar refractivity (Wildman–Crippen MR) is 144 cm³/mol. The number of benzene rings is 2. The van der Waals surface area contributed by atoms with E-state index in [1.165, 1.54) is 12.3 Å². The second kappa shape index (κ2) is 11.3. The first-order valence-electron chi connectivity index (χ1n) is 11.6. The van der Waals surface area contributed by atoms with E-state index in [2.05, 4.69) is 9.71 Å². The molecule has 1 amide bonds. The van der Waals surface area contributed by atoms with Crippen molar-refractivity contribution >= 4 is 31.6 Å². The standard InChI is InChI=1S/C27H28N2O6S2/c1-18-21(17-35-22-10-8-20(9-11-22)25-16-26(30)29-36(25)31)6-4-7-23(18)24-12-13-27(28-19(24)2)34-14-5-15-37(3,32)33/h4,6-13,16H,5,14-15,17H2,1-3H3,(H,29,30). The zero-order valence-electron chi connectivity index (χ0n) is 20.8. The van der Waals surface area contributed by atoms with Gasteiger partial charge in [0.25, 0.3) is 5.91 Å².